The van der Waals surface area contributed by atoms with Crippen LogP contribution in [0.5, 0.6) is 0 Å². The molecular weight excluding hydrogens is 220 g/mol. The van der Waals surface area contributed by atoms with Gasteiger partial charge in [-0.1, -0.05) is 29.5 Å². The monoisotopic (exact) mass is 238 g/mol. The lowest BCUT2D eigenvalue weighted by molar-refractivity contribution is 0.139. The zero-order valence-electron chi connectivity index (χ0n) is 9.81. The molecule has 0 heterocycles. The van der Waals surface area contributed by atoms with Crippen LogP contribution >= 0.6 is 0 Å². The Labute approximate surface area is 100 Å². The van der Waals surface area contributed by atoms with Gasteiger partial charge in [0.25, 0.3) is 0 Å². The number of nitrogens with zero attached hydrogens (tertiary/aromatic N) is 6. The molecule has 94 valence electrons. The highest BCUT2D eigenvalue weighted by atomic mass is 16.3. The van der Waals surface area contributed by atoms with Crippen LogP contribution in [0, 0.1) is 5.92 Å². The van der Waals surface area contributed by atoms with E-state index >= 15 is 0 Å². The summed E-state index contributed by atoms with van der Waals surface area (Å²) < 4.78 is 0. The van der Waals surface area contributed by atoms with Gasteiger partial charge in [-0.15, -0.1) is 0 Å². The molecule has 0 amide bonds. The van der Waals surface area contributed by atoms with E-state index in [9.17, 15) is 5.11 Å². The highest BCUT2D eigenvalue weighted by Crippen LogP contribution is 2.29. The summed E-state index contributed by atoms with van der Waals surface area (Å²) >= 11 is 0. The van der Waals surface area contributed by atoms with E-state index in [1.807, 2.05) is 0 Å². The fraction of sp³-hybridized carbons (Fsp3) is 1.00. The van der Waals surface area contributed by atoms with Crippen molar-refractivity contribution in [1.82, 2.24) is 0 Å². The van der Waals surface area contributed by atoms with Gasteiger partial charge in [-0.25, -0.2) is 0 Å². The normalized spacial score (nSPS) is 26.2. The zero-order valence-corrected chi connectivity index (χ0v) is 9.81. The van der Waals surface area contributed by atoms with Crippen LogP contribution in [0.1, 0.15) is 38.5 Å². The van der Waals surface area contributed by atoms with E-state index in [2.05, 4.69) is 20.1 Å². The second kappa shape index (κ2) is 7.79. The number of hydrogen-bond donors (Lipinski definition) is 1. The largest absolute Gasteiger partial charge is 0.393 e. The van der Waals surface area contributed by atoms with Crippen LogP contribution < -0.4 is 0 Å². The highest BCUT2D eigenvalue weighted by molar-refractivity contribution is 4.82. The van der Waals surface area contributed by atoms with Crippen molar-refractivity contribution < 1.29 is 5.11 Å². The molecule has 1 aliphatic rings. The van der Waals surface area contributed by atoms with E-state index < -0.39 is 6.10 Å². The van der Waals surface area contributed by atoms with Gasteiger partial charge in [0.05, 0.1) is 12.6 Å². The van der Waals surface area contributed by atoms with Crippen LogP contribution in [0.25, 0.3) is 20.9 Å². The van der Waals surface area contributed by atoms with Crippen molar-refractivity contribution >= 4 is 0 Å². The Morgan fingerprint density at radius 3 is 2.65 bits per heavy atom. The first-order valence-corrected chi connectivity index (χ1v) is 6.01. The predicted molar refractivity (Wildman–Crippen MR) is 64.1 cm³/mol. The second-order valence-corrected chi connectivity index (χ2v) is 4.47. The van der Waals surface area contributed by atoms with Crippen molar-refractivity contribution in [2.45, 2.75) is 50.7 Å². The maximum atomic E-state index is 9.71. The summed E-state index contributed by atoms with van der Waals surface area (Å²) in [5.74, 6) is 0.206. The Kier molecular flexibility index (Phi) is 6.25. The van der Waals surface area contributed by atoms with Crippen molar-refractivity contribution in [2.24, 2.45) is 16.1 Å². The molecule has 0 aromatic heterocycles. The minimum Gasteiger partial charge on any atom is -0.393 e. The molecule has 1 rings (SSSR count). The molecule has 0 spiro atoms. The Bertz CT molecular complexity index is 321. The van der Waals surface area contributed by atoms with E-state index in [4.69, 9.17) is 11.1 Å². The number of aliphatic hydroxyl groups excluding tert-OH is 1. The summed E-state index contributed by atoms with van der Waals surface area (Å²) in [4.78, 5) is 5.51. The fourth-order valence-electron chi connectivity index (χ4n) is 2.41. The molecule has 0 aromatic carbocycles. The third kappa shape index (κ3) is 4.95. The SMILES string of the molecule is [N-]=[N+]=NC[C@@H](O)C[C@@H]1CCCCC[C@H]1N=[N+]=[N-]. The van der Waals surface area contributed by atoms with Gasteiger partial charge in [-0.2, -0.15) is 0 Å². The number of aliphatic hydroxyl groups is 1. The van der Waals surface area contributed by atoms with Crippen molar-refractivity contribution in [3.63, 3.8) is 0 Å². The van der Waals surface area contributed by atoms with Crippen LogP contribution in [-0.4, -0.2) is 23.8 Å². The first-order valence-electron chi connectivity index (χ1n) is 6.01. The molecule has 7 heteroatoms. The second-order valence-electron chi connectivity index (χ2n) is 4.47. The molecule has 1 saturated carbocycles. The fourth-order valence-corrected chi connectivity index (χ4v) is 2.41. The molecule has 0 bridgehead atoms. The van der Waals surface area contributed by atoms with Gasteiger partial charge in [-0.05, 0) is 36.2 Å². The Morgan fingerprint density at radius 1 is 1.18 bits per heavy atom. The smallest absolute Gasteiger partial charge is 0.0599 e. The average molecular weight is 238 g/mol. The summed E-state index contributed by atoms with van der Waals surface area (Å²) in [5.41, 5.74) is 16.7. The summed E-state index contributed by atoms with van der Waals surface area (Å²) in [5, 5.41) is 16.9. The lowest BCUT2D eigenvalue weighted by atomic mass is 9.90. The van der Waals surface area contributed by atoms with E-state index in [0.29, 0.717) is 6.42 Å². The third-order valence-electron chi connectivity index (χ3n) is 3.25. The predicted octanol–water partition coefficient (Wildman–Crippen LogP) is 3.31. The molecule has 3 atom stereocenters. The molecule has 7 nitrogen and oxygen atoms in total. The Balaban J connectivity index is 2.56. The molecule has 1 fully saturated rings. The van der Waals surface area contributed by atoms with E-state index in [1.54, 1.807) is 0 Å². The van der Waals surface area contributed by atoms with Crippen molar-refractivity contribution in [1.29, 1.82) is 0 Å². The number of rotatable bonds is 5. The first kappa shape index (κ1) is 13.6. The molecule has 0 aromatic rings. The molecule has 0 saturated heterocycles. The summed E-state index contributed by atoms with van der Waals surface area (Å²) in [6, 6.07) is -0.0248. The lowest BCUT2D eigenvalue weighted by Crippen LogP contribution is -2.24. The number of azide groups is 2. The van der Waals surface area contributed by atoms with Crippen LogP contribution in [-0.2, 0) is 0 Å². The molecule has 0 unspecified atom stereocenters. The van der Waals surface area contributed by atoms with Crippen LogP contribution in [0.4, 0.5) is 0 Å². The van der Waals surface area contributed by atoms with Gasteiger partial charge in [-0.3, -0.25) is 0 Å². The zero-order chi connectivity index (χ0) is 12.5. The summed E-state index contributed by atoms with van der Waals surface area (Å²) in [6.07, 6.45) is 5.11. The van der Waals surface area contributed by atoms with Crippen molar-refractivity contribution in [2.75, 3.05) is 6.54 Å². The molecular formula is C10H18N6O. The van der Waals surface area contributed by atoms with Gasteiger partial charge in [0, 0.05) is 15.9 Å². The van der Waals surface area contributed by atoms with Crippen LogP contribution in [0.15, 0.2) is 10.2 Å². The van der Waals surface area contributed by atoms with E-state index in [0.717, 1.165) is 32.1 Å². The summed E-state index contributed by atoms with van der Waals surface area (Å²) in [6.45, 7) is 0.0932. The molecule has 1 aliphatic carbocycles. The van der Waals surface area contributed by atoms with Crippen molar-refractivity contribution in [3.8, 4) is 0 Å². The van der Waals surface area contributed by atoms with E-state index in [-0.39, 0.29) is 18.5 Å². The van der Waals surface area contributed by atoms with E-state index in [1.165, 1.54) is 0 Å². The number of hydrogen-bond acceptors (Lipinski definition) is 3. The third-order valence-corrected chi connectivity index (χ3v) is 3.25. The summed E-state index contributed by atoms with van der Waals surface area (Å²) in [7, 11) is 0. The minimum atomic E-state index is -0.634. The van der Waals surface area contributed by atoms with Crippen LogP contribution in [0.2, 0.25) is 0 Å². The molecule has 0 aliphatic heterocycles. The van der Waals surface area contributed by atoms with Gasteiger partial charge in [0.1, 0.15) is 0 Å². The molecule has 1 N–H and O–H groups in total. The standard InChI is InChI=1S/C10H18N6O/c11-15-13-7-9(17)6-8-4-2-1-3-5-10(8)14-16-12/h8-10,17H,1-7H2/t8-,9-,10+/m0/s1. The van der Waals surface area contributed by atoms with Gasteiger partial charge < -0.3 is 5.11 Å². The van der Waals surface area contributed by atoms with Gasteiger partial charge in [0.2, 0.25) is 0 Å². The average Bonchev–Trinajstić information content (AvgIpc) is 2.53. The lowest BCUT2D eigenvalue weighted by Gasteiger charge is -2.22. The van der Waals surface area contributed by atoms with Gasteiger partial charge in [0.15, 0.2) is 0 Å². The minimum absolute atomic E-state index is 0.0248. The first-order chi connectivity index (χ1) is 8.27. The van der Waals surface area contributed by atoms with Crippen LogP contribution in [0.3, 0.4) is 0 Å². The maximum absolute atomic E-state index is 9.71. The van der Waals surface area contributed by atoms with Gasteiger partial charge >= 0.3 is 0 Å². The molecule has 17 heavy (non-hydrogen) atoms. The molecule has 0 radical (unpaired) electrons. The topological polar surface area (TPSA) is 118 Å². The Hall–Kier alpha value is -1.42. The quantitative estimate of drug-likeness (QED) is 0.336. The maximum Gasteiger partial charge on any atom is 0.0599 e. The Morgan fingerprint density at radius 2 is 1.94 bits per heavy atom. The van der Waals surface area contributed by atoms with Crippen molar-refractivity contribution in [3.05, 3.63) is 20.9 Å². The highest BCUT2D eigenvalue weighted by Gasteiger charge is 2.24.